The SMILES string of the molecule is CCCNC(C(=O)O)c1ccc(C)c(Cl)c1. The van der Waals surface area contributed by atoms with Gasteiger partial charge in [0.15, 0.2) is 0 Å². The average Bonchev–Trinajstić information content (AvgIpc) is 2.23. The van der Waals surface area contributed by atoms with Crippen LogP contribution in [-0.2, 0) is 4.79 Å². The van der Waals surface area contributed by atoms with E-state index in [4.69, 9.17) is 16.7 Å². The Hall–Kier alpha value is -1.06. The predicted molar refractivity (Wildman–Crippen MR) is 64.9 cm³/mol. The smallest absolute Gasteiger partial charge is 0.325 e. The van der Waals surface area contributed by atoms with E-state index in [1.165, 1.54) is 0 Å². The minimum atomic E-state index is -0.881. The molecule has 0 bridgehead atoms. The van der Waals surface area contributed by atoms with E-state index in [-0.39, 0.29) is 0 Å². The fraction of sp³-hybridized carbons (Fsp3) is 0.417. The maximum absolute atomic E-state index is 11.1. The molecule has 1 rings (SSSR count). The lowest BCUT2D eigenvalue weighted by atomic mass is 10.1. The molecule has 0 saturated carbocycles. The number of nitrogens with one attached hydrogen (secondary N) is 1. The highest BCUT2D eigenvalue weighted by atomic mass is 35.5. The van der Waals surface area contributed by atoms with Gasteiger partial charge in [0.05, 0.1) is 0 Å². The van der Waals surface area contributed by atoms with Crippen molar-refractivity contribution in [3.8, 4) is 0 Å². The fourth-order valence-corrected chi connectivity index (χ4v) is 1.61. The molecular formula is C12H16ClNO2. The van der Waals surface area contributed by atoms with Crippen molar-refractivity contribution >= 4 is 17.6 Å². The molecular weight excluding hydrogens is 226 g/mol. The number of hydrogen-bond donors (Lipinski definition) is 2. The van der Waals surface area contributed by atoms with Gasteiger partial charge in [-0.1, -0.05) is 30.7 Å². The van der Waals surface area contributed by atoms with Gasteiger partial charge < -0.3 is 10.4 Å². The average molecular weight is 242 g/mol. The monoisotopic (exact) mass is 241 g/mol. The summed E-state index contributed by atoms with van der Waals surface area (Å²) in [5.41, 5.74) is 1.64. The largest absolute Gasteiger partial charge is 0.480 e. The van der Waals surface area contributed by atoms with Gasteiger partial charge >= 0.3 is 5.97 Å². The normalized spacial score (nSPS) is 12.4. The lowest BCUT2D eigenvalue weighted by molar-refractivity contribution is -0.139. The van der Waals surface area contributed by atoms with Crippen molar-refractivity contribution in [1.82, 2.24) is 5.32 Å². The Morgan fingerprint density at radius 1 is 1.56 bits per heavy atom. The zero-order valence-electron chi connectivity index (χ0n) is 9.46. The maximum atomic E-state index is 11.1. The third-order valence-electron chi connectivity index (χ3n) is 2.37. The second-order valence-electron chi connectivity index (χ2n) is 3.73. The number of carboxylic acids is 1. The summed E-state index contributed by atoms with van der Waals surface area (Å²) in [5, 5.41) is 12.7. The standard InChI is InChI=1S/C12H16ClNO2/c1-3-6-14-11(12(15)16)9-5-4-8(2)10(13)7-9/h4-5,7,11,14H,3,6H2,1-2H3,(H,15,16). The van der Waals surface area contributed by atoms with Gasteiger partial charge in [-0.25, -0.2) is 0 Å². The van der Waals surface area contributed by atoms with Crippen LogP contribution < -0.4 is 5.32 Å². The summed E-state index contributed by atoms with van der Waals surface area (Å²) >= 11 is 5.98. The van der Waals surface area contributed by atoms with Crippen LogP contribution in [0.25, 0.3) is 0 Å². The molecule has 0 saturated heterocycles. The van der Waals surface area contributed by atoms with Crippen LogP contribution in [0.1, 0.15) is 30.5 Å². The molecule has 0 aromatic heterocycles. The molecule has 1 atom stereocenters. The minimum Gasteiger partial charge on any atom is -0.480 e. The number of carboxylic acid groups (broad SMARTS) is 1. The summed E-state index contributed by atoms with van der Waals surface area (Å²) in [6.07, 6.45) is 0.892. The predicted octanol–water partition coefficient (Wildman–Crippen LogP) is 2.77. The van der Waals surface area contributed by atoms with Crippen molar-refractivity contribution in [3.63, 3.8) is 0 Å². The highest BCUT2D eigenvalue weighted by Gasteiger charge is 2.18. The summed E-state index contributed by atoms with van der Waals surface area (Å²) < 4.78 is 0. The van der Waals surface area contributed by atoms with Crippen molar-refractivity contribution in [3.05, 3.63) is 34.3 Å². The molecule has 88 valence electrons. The zero-order chi connectivity index (χ0) is 12.1. The molecule has 2 N–H and O–H groups in total. The summed E-state index contributed by atoms with van der Waals surface area (Å²) in [7, 11) is 0. The maximum Gasteiger partial charge on any atom is 0.325 e. The van der Waals surface area contributed by atoms with Gasteiger partial charge in [-0.15, -0.1) is 0 Å². The number of halogens is 1. The van der Waals surface area contributed by atoms with E-state index in [9.17, 15) is 4.79 Å². The van der Waals surface area contributed by atoms with E-state index in [2.05, 4.69) is 5.32 Å². The van der Waals surface area contributed by atoms with Crippen molar-refractivity contribution in [1.29, 1.82) is 0 Å². The molecule has 0 heterocycles. The Morgan fingerprint density at radius 2 is 2.25 bits per heavy atom. The Labute approximate surface area is 100 Å². The van der Waals surface area contributed by atoms with Crippen LogP contribution in [0.2, 0.25) is 5.02 Å². The van der Waals surface area contributed by atoms with E-state index in [0.29, 0.717) is 17.1 Å². The second-order valence-corrected chi connectivity index (χ2v) is 4.14. The highest BCUT2D eigenvalue weighted by Crippen LogP contribution is 2.21. The number of benzene rings is 1. The van der Waals surface area contributed by atoms with Gasteiger partial charge in [0, 0.05) is 5.02 Å². The first kappa shape index (κ1) is 13.0. The third kappa shape index (κ3) is 3.22. The van der Waals surface area contributed by atoms with Crippen LogP contribution in [0, 0.1) is 6.92 Å². The first-order valence-corrected chi connectivity index (χ1v) is 5.66. The van der Waals surface area contributed by atoms with Crippen molar-refractivity contribution in [2.45, 2.75) is 26.3 Å². The van der Waals surface area contributed by atoms with Gasteiger partial charge in [0.2, 0.25) is 0 Å². The molecule has 3 nitrogen and oxygen atoms in total. The molecule has 16 heavy (non-hydrogen) atoms. The van der Waals surface area contributed by atoms with Crippen LogP contribution in [0.5, 0.6) is 0 Å². The Morgan fingerprint density at radius 3 is 2.75 bits per heavy atom. The van der Waals surface area contributed by atoms with Gasteiger partial charge in [0.25, 0.3) is 0 Å². The molecule has 0 radical (unpaired) electrons. The molecule has 0 aliphatic carbocycles. The Balaban J connectivity index is 2.92. The molecule has 0 spiro atoms. The molecule has 1 aromatic rings. The molecule has 4 heteroatoms. The van der Waals surface area contributed by atoms with E-state index >= 15 is 0 Å². The van der Waals surface area contributed by atoms with Crippen molar-refractivity contribution in [2.75, 3.05) is 6.54 Å². The minimum absolute atomic E-state index is 0.599. The van der Waals surface area contributed by atoms with Crippen molar-refractivity contribution < 1.29 is 9.90 Å². The molecule has 0 aliphatic rings. The van der Waals surface area contributed by atoms with Crippen molar-refractivity contribution in [2.24, 2.45) is 0 Å². The van der Waals surface area contributed by atoms with Crippen LogP contribution in [0.4, 0.5) is 0 Å². The molecule has 0 amide bonds. The van der Waals surface area contributed by atoms with Gasteiger partial charge in [0.1, 0.15) is 6.04 Å². The Kier molecular flexibility index (Phi) is 4.77. The first-order chi connectivity index (χ1) is 7.56. The summed E-state index contributed by atoms with van der Waals surface area (Å²) in [5.74, 6) is -0.881. The topological polar surface area (TPSA) is 49.3 Å². The summed E-state index contributed by atoms with van der Waals surface area (Å²) in [6.45, 7) is 4.55. The zero-order valence-corrected chi connectivity index (χ0v) is 10.2. The molecule has 0 fully saturated rings. The van der Waals surface area contributed by atoms with Crippen LogP contribution >= 0.6 is 11.6 Å². The summed E-state index contributed by atoms with van der Waals surface area (Å²) in [6, 6.07) is 4.65. The highest BCUT2D eigenvalue weighted by molar-refractivity contribution is 6.31. The van der Waals surface area contributed by atoms with E-state index in [0.717, 1.165) is 12.0 Å². The van der Waals surface area contributed by atoms with Crippen LogP contribution in [0.15, 0.2) is 18.2 Å². The van der Waals surface area contributed by atoms with Gasteiger partial charge in [-0.2, -0.15) is 0 Å². The lowest BCUT2D eigenvalue weighted by Gasteiger charge is -2.15. The third-order valence-corrected chi connectivity index (χ3v) is 2.78. The first-order valence-electron chi connectivity index (χ1n) is 5.28. The van der Waals surface area contributed by atoms with Crippen LogP contribution in [-0.4, -0.2) is 17.6 Å². The van der Waals surface area contributed by atoms with E-state index < -0.39 is 12.0 Å². The molecule has 1 unspecified atom stereocenters. The van der Waals surface area contributed by atoms with Gasteiger partial charge in [-0.05, 0) is 37.1 Å². The quantitative estimate of drug-likeness (QED) is 0.834. The number of rotatable bonds is 5. The number of aryl methyl sites for hydroxylation is 1. The van der Waals surface area contributed by atoms with Crippen LogP contribution in [0.3, 0.4) is 0 Å². The second kappa shape index (κ2) is 5.87. The van der Waals surface area contributed by atoms with E-state index in [1.807, 2.05) is 19.9 Å². The molecule has 1 aromatic carbocycles. The van der Waals surface area contributed by atoms with Gasteiger partial charge in [-0.3, -0.25) is 4.79 Å². The lowest BCUT2D eigenvalue weighted by Crippen LogP contribution is -2.29. The Bertz CT molecular complexity index is 379. The molecule has 0 aliphatic heterocycles. The number of carbonyl (C=O) groups is 1. The fourth-order valence-electron chi connectivity index (χ4n) is 1.43. The number of aliphatic carboxylic acids is 1. The number of hydrogen-bond acceptors (Lipinski definition) is 2. The van der Waals surface area contributed by atoms with E-state index in [1.54, 1.807) is 12.1 Å². The summed E-state index contributed by atoms with van der Waals surface area (Å²) in [4.78, 5) is 11.1.